The maximum atomic E-state index is 10.9. The first-order chi connectivity index (χ1) is 5.59. The molecule has 0 unspecified atom stereocenters. The Labute approximate surface area is 68.0 Å². The van der Waals surface area contributed by atoms with Gasteiger partial charge in [0.05, 0.1) is 0 Å². The van der Waals surface area contributed by atoms with E-state index in [2.05, 4.69) is 4.74 Å². The largest absolute Gasteiger partial charge is 0.436 e. The number of imide groups is 1. The molecule has 66 valence electrons. The third kappa shape index (κ3) is 1.94. The summed E-state index contributed by atoms with van der Waals surface area (Å²) in [5.41, 5.74) is 4.69. The minimum absolute atomic E-state index is 0.170. The molecular weight excluding hydrogens is 164 g/mol. The van der Waals surface area contributed by atoms with E-state index in [1.807, 2.05) is 5.32 Å². The number of piperidine rings is 1. The van der Waals surface area contributed by atoms with Crippen LogP contribution in [0.5, 0.6) is 0 Å². The van der Waals surface area contributed by atoms with Crippen LogP contribution < -0.4 is 11.1 Å². The van der Waals surface area contributed by atoms with Gasteiger partial charge in [0, 0.05) is 12.8 Å². The SMILES string of the molecule is NC(=O)O[C@H]1CCC(=O)NC1=O. The molecule has 1 heterocycles. The fraction of sp³-hybridized carbons (Fsp3) is 0.500. The van der Waals surface area contributed by atoms with Gasteiger partial charge in [0.1, 0.15) is 0 Å². The zero-order valence-electron chi connectivity index (χ0n) is 6.20. The number of carbonyl (C=O) groups is 3. The van der Waals surface area contributed by atoms with Crippen LogP contribution in [0.2, 0.25) is 0 Å². The van der Waals surface area contributed by atoms with Gasteiger partial charge in [0.15, 0.2) is 6.10 Å². The molecule has 0 radical (unpaired) electrons. The molecule has 1 atom stereocenters. The highest BCUT2D eigenvalue weighted by molar-refractivity contribution is 6.00. The van der Waals surface area contributed by atoms with E-state index in [0.717, 1.165) is 0 Å². The molecule has 0 aromatic rings. The van der Waals surface area contributed by atoms with Crippen LogP contribution in [0.1, 0.15) is 12.8 Å². The van der Waals surface area contributed by atoms with Crippen molar-refractivity contribution in [2.75, 3.05) is 0 Å². The second-order valence-electron chi connectivity index (χ2n) is 2.38. The molecule has 0 saturated carbocycles. The Morgan fingerprint density at radius 2 is 2.25 bits per heavy atom. The average Bonchev–Trinajstić information content (AvgIpc) is 1.94. The number of rotatable bonds is 1. The van der Waals surface area contributed by atoms with Crippen LogP contribution in [0.25, 0.3) is 0 Å². The van der Waals surface area contributed by atoms with Crippen molar-refractivity contribution in [2.24, 2.45) is 5.73 Å². The lowest BCUT2D eigenvalue weighted by Crippen LogP contribution is -2.46. The van der Waals surface area contributed by atoms with Crippen molar-refractivity contribution >= 4 is 17.9 Å². The van der Waals surface area contributed by atoms with Crippen molar-refractivity contribution in [1.82, 2.24) is 5.32 Å². The van der Waals surface area contributed by atoms with Crippen LogP contribution in [0, 0.1) is 0 Å². The summed E-state index contributed by atoms with van der Waals surface area (Å²) in [5.74, 6) is -0.964. The first-order valence-corrected chi connectivity index (χ1v) is 3.39. The van der Waals surface area contributed by atoms with Crippen molar-refractivity contribution in [3.63, 3.8) is 0 Å². The molecule has 0 aromatic heterocycles. The van der Waals surface area contributed by atoms with E-state index in [4.69, 9.17) is 5.73 Å². The highest BCUT2D eigenvalue weighted by Gasteiger charge is 2.28. The molecule has 6 nitrogen and oxygen atoms in total. The maximum Gasteiger partial charge on any atom is 0.405 e. The summed E-state index contributed by atoms with van der Waals surface area (Å²) in [7, 11) is 0. The lowest BCUT2D eigenvalue weighted by atomic mass is 10.1. The molecule has 1 saturated heterocycles. The standard InChI is InChI=1S/C6H8N2O4/c7-6(11)12-3-1-2-4(9)8-5(3)10/h3H,1-2H2,(H2,7,11)(H,8,9,10)/t3-/m0/s1. The molecule has 1 rings (SSSR count). The average molecular weight is 172 g/mol. The normalized spacial score (nSPS) is 23.2. The van der Waals surface area contributed by atoms with Gasteiger partial charge in [-0.15, -0.1) is 0 Å². The van der Waals surface area contributed by atoms with Crippen LogP contribution in [0.15, 0.2) is 0 Å². The Bertz CT molecular complexity index is 238. The minimum Gasteiger partial charge on any atom is -0.436 e. The number of nitrogens with two attached hydrogens (primary N) is 1. The van der Waals surface area contributed by atoms with E-state index in [1.54, 1.807) is 0 Å². The van der Waals surface area contributed by atoms with Crippen molar-refractivity contribution in [3.05, 3.63) is 0 Å². The number of ether oxygens (including phenoxy) is 1. The Balaban J connectivity index is 2.51. The van der Waals surface area contributed by atoms with Gasteiger partial charge in [-0.2, -0.15) is 0 Å². The predicted molar refractivity (Wildman–Crippen MR) is 36.8 cm³/mol. The van der Waals surface area contributed by atoms with Gasteiger partial charge < -0.3 is 10.5 Å². The predicted octanol–water partition coefficient (Wildman–Crippen LogP) is -1.11. The second-order valence-corrected chi connectivity index (χ2v) is 2.38. The zero-order chi connectivity index (χ0) is 9.14. The molecular formula is C6H8N2O4. The van der Waals surface area contributed by atoms with E-state index < -0.39 is 18.1 Å². The smallest absolute Gasteiger partial charge is 0.405 e. The van der Waals surface area contributed by atoms with Crippen molar-refractivity contribution in [1.29, 1.82) is 0 Å². The van der Waals surface area contributed by atoms with Crippen molar-refractivity contribution < 1.29 is 19.1 Å². The molecule has 0 aromatic carbocycles. The molecule has 0 spiro atoms. The molecule has 3 N–H and O–H groups in total. The second kappa shape index (κ2) is 3.21. The van der Waals surface area contributed by atoms with E-state index >= 15 is 0 Å². The highest BCUT2D eigenvalue weighted by Crippen LogP contribution is 2.07. The molecule has 1 aliphatic rings. The first-order valence-electron chi connectivity index (χ1n) is 3.39. The monoisotopic (exact) mass is 172 g/mol. The summed E-state index contributed by atoms with van der Waals surface area (Å²) < 4.78 is 4.43. The Kier molecular flexibility index (Phi) is 2.27. The van der Waals surface area contributed by atoms with E-state index in [1.165, 1.54) is 0 Å². The summed E-state index contributed by atoms with van der Waals surface area (Å²) in [4.78, 5) is 31.7. The van der Waals surface area contributed by atoms with Gasteiger partial charge in [-0.25, -0.2) is 4.79 Å². The highest BCUT2D eigenvalue weighted by atomic mass is 16.6. The molecule has 1 fully saturated rings. The molecule has 0 bridgehead atoms. The summed E-state index contributed by atoms with van der Waals surface area (Å²) in [6.07, 6.45) is -1.55. The van der Waals surface area contributed by atoms with Crippen LogP contribution in [-0.4, -0.2) is 24.0 Å². The van der Waals surface area contributed by atoms with E-state index in [-0.39, 0.29) is 18.7 Å². The van der Waals surface area contributed by atoms with Crippen LogP contribution in [0.3, 0.4) is 0 Å². The Hall–Kier alpha value is -1.59. The van der Waals surface area contributed by atoms with Gasteiger partial charge in [-0.1, -0.05) is 0 Å². The third-order valence-electron chi connectivity index (χ3n) is 1.45. The van der Waals surface area contributed by atoms with E-state index in [0.29, 0.717) is 0 Å². The summed E-state index contributed by atoms with van der Waals surface area (Å²) in [5, 5.41) is 2.02. The van der Waals surface area contributed by atoms with E-state index in [9.17, 15) is 14.4 Å². The topological polar surface area (TPSA) is 98.5 Å². The maximum absolute atomic E-state index is 10.9. The quantitative estimate of drug-likeness (QED) is 0.490. The summed E-state index contributed by atoms with van der Waals surface area (Å²) >= 11 is 0. The van der Waals surface area contributed by atoms with Gasteiger partial charge in [0.25, 0.3) is 5.91 Å². The lowest BCUT2D eigenvalue weighted by Gasteiger charge is -2.19. The number of amides is 3. The van der Waals surface area contributed by atoms with Crippen molar-refractivity contribution in [2.45, 2.75) is 18.9 Å². The van der Waals surface area contributed by atoms with Gasteiger partial charge in [-0.3, -0.25) is 14.9 Å². The van der Waals surface area contributed by atoms with Crippen molar-refractivity contribution in [3.8, 4) is 0 Å². The Morgan fingerprint density at radius 3 is 2.75 bits per heavy atom. The van der Waals surface area contributed by atoms with Gasteiger partial charge in [0.2, 0.25) is 5.91 Å². The van der Waals surface area contributed by atoms with Crippen LogP contribution >= 0.6 is 0 Å². The summed E-state index contributed by atoms with van der Waals surface area (Å²) in [6.45, 7) is 0. The Morgan fingerprint density at radius 1 is 1.58 bits per heavy atom. The fourth-order valence-corrected chi connectivity index (χ4v) is 0.926. The molecule has 1 aliphatic heterocycles. The number of hydrogen-bond acceptors (Lipinski definition) is 4. The minimum atomic E-state index is -1.01. The van der Waals surface area contributed by atoms with Gasteiger partial charge in [-0.05, 0) is 0 Å². The first kappa shape index (κ1) is 8.51. The third-order valence-corrected chi connectivity index (χ3v) is 1.45. The lowest BCUT2D eigenvalue weighted by molar-refractivity contribution is -0.140. The number of carbonyl (C=O) groups excluding carboxylic acids is 3. The molecule has 3 amide bonds. The number of primary amides is 1. The number of nitrogens with one attached hydrogen (secondary N) is 1. The van der Waals surface area contributed by atoms with Gasteiger partial charge >= 0.3 is 6.09 Å². The van der Waals surface area contributed by atoms with Crippen LogP contribution in [0.4, 0.5) is 4.79 Å². The van der Waals surface area contributed by atoms with Crippen LogP contribution in [-0.2, 0) is 14.3 Å². The zero-order valence-corrected chi connectivity index (χ0v) is 6.20. The molecule has 0 aliphatic carbocycles. The molecule has 12 heavy (non-hydrogen) atoms. The summed E-state index contributed by atoms with van der Waals surface area (Å²) in [6, 6.07) is 0. The number of hydrogen-bond donors (Lipinski definition) is 2. The molecule has 6 heteroatoms. The fourth-order valence-electron chi connectivity index (χ4n) is 0.926.